The number of rotatable bonds is 8. The van der Waals surface area contributed by atoms with Gasteiger partial charge in [0.25, 0.3) is 5.69 Å². The van der Waals surface area contributed by atoms with Crippen LogP contribution < -0.4 is 9.47 Å². The van der Waals surface area contributed by atoms with Crippen molar-refractivity contribution in [3.63, 3.8) is 0 Å². The number of hydrogen-bond donors (Lipinski definition) is 0. The van der Waals surface area contributed by atoms with E-state index in [1.807, 2.05) is 0 Å². The Morgan fingerprint density at radius 1 is 1.25 bits per heavy atom. The summed E-state index contributed by atoms with van der Waals surface area (Å²) in [7, 11) is 1.47. The highest BCUT2D eigenvalue weighted by Gasteiger charge is 2.16. The molecule has 0 aliphatic heterocycles. The molecule has 0 amide bonds. The molecular formula is C18H17NO5. The van der Waals surface area contributed by atoms with Gasteiger partial charge in [-0.2, -0.15) is 0 Å². The van der Waals surface area contributed by atoms with E-state index in [4.69, 9.17) is 9.47 Å². The van der Waals surface area contributed by atoms with E-state index in [9.17, 15) is 14.9 Å². The van der Waals surface area contributed by atoms with Crippen LogP contribution in [0.15, 0.2) is 49.1 Å². The fraction of sp³-hybridized carbons (Fsp3) is 0.167. The molecule has 0 atom stereocenters. The quantitative estimate of drug-likeness (QED) is 0.319. The molecule has 0 bridgehead atoms. The SMILES string of the molecule is C=CCc1cc(C=O)cc(OC)c1OCc1ccccc1[N+](=O)[O-]. The maximum absolute atomic E-state index is 11.1. The van der Waals surface area contributed by atoms with Gasteiger partial charge in [0.05, 0.1) is 17.6 Å². The molecule has 0 saturated carbocycles. The first-order chi connectivity index (χ1) is 11.6. The van der Waals surface area contributed by atoms with Crippen LogP contribution in [0.2, 0.25) is 0 Å². The predicted molar refractivity (Wildman–Crippen MR) is 89.7 cm³/mol. The van der Waals surface area contributed by atoms with Gasteiger partial charge in [0.2, 0.25) is 0 Å². The minimum Gasteiger partial charge on any atom is -0.493 e. The molecule has 0 spiro atoms. The number of carbonyl (C=O) groups excluding carboxylic acids is 1. The molecule has 0 saturated heterocycles. The Morgan fingerprint density at radius 3 is 2.62 bits per heavy atom. The second-order valence-corrected chi connectivity index (χ2v) is 5.00. The topological polar surface area (TPSA) is 78.7 Å². The average Bonchev–Trinajstić information content (AvgIpc) is 2.60. The molecule has 0 aliphatic rings. The minimum atomic E-state index is -0.448. The lowest BCUT2D eigenvalue weighted by Crippen LogP contribution is -2.04. The second kappa shape index (κ2) is 7.92. The Balaban J connectivity index is 2.37. The molecule has 0 fully saturated rings. The highest BCUT2D eigenvalue weighted by molar-refractivity contribution is 5.77. The van der Waals surface area contributed by atoms with Crippen LogP contribution in [0.5, 0.6) is 11.5 Å². The lowest BCUT2D eigenvalue weighted by atomic mass is 10.1. The van der Waals surface area contributed by atoms with Gasteiger partial charge in [0.15, 0.2) is 11.5 Å². The van der Waals surface area contributed by atoms with Crippen molar-refractivity contribution in [3.8, 4) is 11.5 Å². The number of nitro groups is 1. The summed E-state index contributed by atoms with van der Waals surface area (Å²) in [5.41, 5.74) is 1.63. The maximum Gasteiger partial charge on any atom is 0.276 e. The smallest absolute Gasteiger partial charge is 0.276 e. The van der Waals surface area contributed by atoms with Crippen molar-refractivity contribution < 1.29 is 19.2 Å². The third kappa shape index (κ3) is 3.78. The van der Waals surface area contributed by atoms with E-state index in [0.717, 1.165) is 11.8 Å². The number of nitrogens with zero attached hydrogens (tertiary/aromatic N) is 1. The summed E-state index contributed by atoms with van der Waals surface area (Å²) < 4.78 is 11.1. The molecule has 2 rings (SSSR count). The van der Waals surface area contributed by atoms with Crippen LogP contribution in [0.1, 0.15) is 21.5 Å². The summed E-state index contributed by atoms with van der Waals surface area (Å²) in [4.78, 5) is 21.7. The van der Waals surface area contributed by atoms with Crippen molar-refractivity contribution in [1.82, 2.24) is 0 Å². The highest BCUT2D eigenvalue weighted by Crippen LogP contribution is 2.34. The summed E-state index contributed by atoms with van der Waals surface area (Å²) >= 11 is 0. The summed E-state index contributed by atoms with van der Waals surface area (Å²) in [6, 6.07) is 9.63. The van der Waals surface area contributed by atoms with Crippen molar-refractivity contribution in [2.45, 2.75) is 13.0 Å². The fourth-order valence-corrected chi connectivity index (χ4v) is 2.34. The number of carbonyl (C=O) groups is 1. The molecule has 0 aliphatic carbocycles. The van der Waals surface area contributed by atoms with Gasteiger partial charge < -0.3 is 9.47 Å². The standard InChI is InChI=1S/C18H17NO5/c1-3-6-14-9-13(11-20)10-17(23-2)18(14)24-12-15-7-4-5-8-16(15)19(21)22/h3-5,7-11H,1,6,12H2,2H3. The Labute approximate surface area is 139 Å². The molecule has 0 unspecified atom stereocenters. The van der Waals surface area contributed by atoms with Crippen LogP contribution in [0.25, 0.3) is 0 Å². The van der Waals surface area contributed by atoms with Gasteiger partial charge in [-0.1, -0.05) is 18.2 Å². The highest BCUT2D eigenvalue weighted by atomic mass is 16.6. The van der Waals surface area contributed by atoms with Crippen molar-refractivity contribution in [1.29, 1.82) is 0 Å². The summed E-state index contributed by atoms with van der Waals surface area (Å²) in [5, 5.41) is 11.1. The molecule has 0 aromatic heterocycles. The number of benzene rings is 2. The Bertz CT molecular complexity index is 770. The molecule has 2 aromatic carbocycles. The van der Waals surface area contributed by atoms with Gasteiger partial charge in [-0.3, -0.25) is 14.9 Å². The van der Waals surface area contributed by atoms with Gasteiger partial charge in [-0.25, -0.2) is 0 Å². The predicted octanol–water partition coefficient (Wildman–Crippen LogP) is 3.72. The number of aldehydes is 1. The molecule has 0 N–H and O–H groups in total. The fourth-order valence-electron chi connectivity index (χ4n) is 2.34. The molecule has 2 aromatic rings. The van der Waals surface area contributed by atoms with Gasteiger partial charge >= 0.3 is 0 Å². The van der Waals surface area contributed by atoms with E-state index in [1.165, 1.54) is 13.2 Å². The Hall–Kier alpha value is -3.15. The van der Waals surface area contributed by atoms with E-state index in [0.29, 0.717) is 29.0 Å². The average molecular weight is 327 g/mol. The largest absolute Gasteiger partial charge is 0.493 e. The molecule has 24 heavy (non-hydrogen) atoms. The van der Waals surface area contributed by atoms with E-state index in [2.05, 4.69) is 6.58 Å². The van der Waals surface area contributed by atoms with Crippen LogP contribution >= 0.6 is 0 Å². The van der Waals surface area contributed by atoms with E-state index < -0.39 is 4.92 Å². The van der Waals surface area contributed by atoms with Gasteiger partial charge in [0, 0.05) is 17.2 Å². The number of para-hydroxylation sites is 1. The summed E-state index contributed by atoms with van der Waals surface area (Å²) in [6.45, 7) is 3.70. The number of hydrogen-bond acceptors (Lipinski definition) is 5. The van der Waals surface area contributed by atoms with Crippen molar-refractivity contribution >= 4 is 12.0 Å². The number of allylic oxidation sites excluding steroid dienone is 1. The van der Waals surface area contributed by atoms with Crippen LogP contribution in [-0.2, 0) is 13.0 Å². The molecular weight excluding hydrogens is 310 g/mol. The lowest BCUT2D eigenvalue weighted by Gasteiger charge is -2.15. The van der Waals surface area contributed by atoms with Crippen molar-refractivity contribution in [2.24, 2.45) is 0 Å². The maximum atomic E-state index is 11.1. The first-order valence-corrected chi connectivity index (χ1v) is 7.22. The molecule has 0 heterocycles. The van der Waals surface area contributed by atoms with E-state index in [1.54, 1.807) is 36.4 Å². The van der Waals surface area contributed by atoms with Crippen molar-refractivity contribution in [2.75, 3.05) is 7.11 Å². The monoisotopic (exact) mass is 327 g/mol. The molecule has 0 radical (unpaired) electrons. The van der Waals surface area contributed by atoms with Crippen LogP contribution in [0, 0.1) is 10.1 Å². The molecule has 124 valence electrons. The Kier molecular flexibility index (Phi) is 5.68. The van der Waals surface area contributed by atoms with Gasteiger partial charge in [-0.15, -0.1) is 6.58 Å². The van der Waals surface area contributed by atoms with Crippen molar-refractivity contribution in [3.05, 3.63) is 75.9 Å². The van der Waals surface area contributed by atoms with Crippen LogP contribution in [0.4, 0.5) is 5.69 Å². The zero-order valence-electron chi connectivity index (χ0n) is 13.2. The van der Waals surface area contributed by atoms with E-state index >= 15 is 0 Å². The number of nitro benzene ring substituents is 1. The normalized spacial score (nSPS) is 10.0. The first kappa shape index (κ1) is 17.2. The zero-order valence-corrected chi connectivity index (χ0v) is 13.2. The third-order valence-corrected chi connectivity index (χ3v) is 3.43. The van der Waals surface area contributed by atoms with Crippen LogP contribution in [-0.4, -0.2) is 18.3 Å². The molecule has 6 nitrogen and oxygen atoms in total. The molecule has 6 heteroatoms. The minimum absolute atomic E-state index is 0.00810. The first-order valence-electron chi connectivity index (χ1n) is 7.22. The zero-order chi connectivity index (χ0) is 17.5. The van der Waals surface area contributed by atoms with Gasteiger partial charge in [-0.05, 0) is 24.6 Å². The summed E-state index contributed by atoms with van der Waals surface area (Å²) in [6.07, 6.45) is 2.88. The number of methoxy groups -OCH3 is 1. The third-order valence-electron chi connectivity index (χ3n) is 3.43. The van der Waals surface area contributed by atoms with E-state index in [-0.39, 0.29) is 12.3 Å². The Morgan fingerprint density at radius 2 is 2.00 bits per heavy atom. The van der Waals surface area contributed by atoms with Crippen LogP contribution in [0.3, 0.4) is 0 Å². The summed E-state index contributed by atoms with van der Waals surface area (Å²) in [5.74, 6) is 0.844. The second-order valence-electron chi connectivity index (χ2n) is 5.00. The number of ether oxygens (including phenoxy) is 2. The lowest BCUT2D eigenvalue weighted by molar-refractivity contribution is -0.385. The van der Waals surface area contributed by atoms with Gasteiger partial charge in [0.1, 0.15) is 12.9 Å².